The Morgan fingerprint density at radius 1 is 0.929 bits per heavy atom. The Balaban J connectivity index is 2.00. The van der Waals surface area contributed by atoms with Crippen LogP contribution in [0.25, 0.3) is 0 Å². The van der Waals surface area contributed by atoms with E-state index in [1.54, 1.807) is 43.3 Å². The predicted molar refractivity (Wildman–Crippen MR) is 104 cm³/mol. The molecule has 0 saturated heterocycles. The molecule has 0 spiro atoms. The van der Waals surface area contributed by atoms with Crippen LogP contribution in [0.1, 0.15) is 35.7 Å². The molecule has 2 atom stereocenters. The molecule has 0 heterocycles. The number of rotatable bonds is 6. The molecule has 0 saturated carbocycles. The Morgan fingerprint density at radius 2 is 1.57 bits per heavy atom. The summed E-state index contributed by atoms with van der Waals surface area (Å²) in [5.74, 6) is -1.33. The van der Waals surface area contributed by atoms with Crippen LogP contribution in [0, 0.1) is 21.7 Å². The fraction of sp³-hybridized carbons (Fsp3) is 0.143. The monoisotopic (exact) mass is 402 g/mol. The highest BCUT2D eigenvalue weighted by Crippen LogP contribution is 2.29. The van der Waals surface area contributed by atoms with Crippen LogP contribution in [0.5, 0.6) is 0 Å². The third-order valence-electron chi connectivity index (χ3n) is 4.42. The second-order valence-corrected chi connectivity index (χ2v) is 6.86. The van der Waals surface area contributed by atoms with Gasteiger partial charge in [0.1, 0.15) is 11.6 Å². The van der Waals surface area contributed by atoms with Gasteiger partial charge in [-0.25, -0.2) is 8.78 Å². The fourth-order valence-electron chi connectivity index (χ4n) is 3.03. The lowest BCUT2D eigenvalue weighted by Gasteiger charge is -2.25. The molecule has 0 aliphatic heterocycles. The summed E-state index contributed by atoms with van der Waals surface area (Å²) in [6.45, 7) is 1.77. The average molecular weight is 403 g/mol. The number of nitrogens with zero attached hydrogens (tertiary/aromatic N) is 1. The number of hydrogen-bond acceptors (Lipinski definition) is 3. The van der Waals surface area contributed by atoms with Crippen LogP contribution in [0.4, 0.5) is 14.5 Å². The molecule has 3 aromatic carbocycles. The minimum atomic E-state index is -0.665. The van der Waals surface area contributed by atoms with Gasteiger partial charge in [-0.15, -0.1) is 0 Å². The maximum Gasteiger partial charge on any atom is 0.269 e. The van der Waals surface area contributed by atoms with E-state index in [-0.39, 0.29) is 5.69 Å². The number of hydrogen-bond donors (Lipinski definition) is 1. The van der Waals surface area contributed by atoms with Crippen LogP contribution in [-0.4, -0.2) is 4.92 Å². The number of benzene rings is 3. The lowest BCUT2D eigenvalue weighted by molar-refractivity contribution is -0.384. The van der Waals surface area contributed by atoms with Gasteiger partial charge in [0, 0.05) is 29.3 Å². The second-order valence-electron chi connectivity index (χ2n) is 6.43. The smallest absolute Gasteiger partial charge is 0.269 e. The van der Waals surface area contributed by atoms with E-state index >= 15 is 0 Å². The van der Waals surface area contributed by atoms with Gasteiger partial charge < -0.3 is 0 Å². The molecule has 0 bridgehead atoms. The molecular formula is C21H17ClF2N2O2. The first-order valence-corrected chi connectivity index (χ1v) is 8.93. The molecule has 2 unspecified atom stereocenters. The molecule has 3 aromatic rings. The Labute approximate surface area is 165 Å². The maximum atomic E-state index is 13.6. The zero-order chi connectivity index (χ0) is 20.3. The minimum Gasteiger partial charge on any atom is -0.300 e. The highest BCUT2D eigenvalue weighted by molar-refractivity contribution is 6.30. The first kappa shape index (κ1) is 19.9. The van der Waals surface area contributed by atoms with E-state index in [1.165, 1.54) is 24.3 Å². The Hall–Kier alpha value is -2.83. The molecule has 144 valence electrons. The van der Waals surface area contributed by atoms with E-state index in [4.69, 9.17) is 11.6 Å². The van der Waals surface area contributed by atoms with E-state index in [2.05, 4.69) is 5.32 Å². The van der Waals surface area contributed by atoms with Gasteiger partial charge in [-0.2, -0.15) is 0 Å². The standard InChI is InChI=1S/C21H17ClF2N2O2/c1-13(16-9-18(23)12-19(24)10-16)25-21(14-5-7-17(22)8-6-14)15-3-2-4-20(11-15)26(27)28/h2-13,21,25H,1H3. The molecule has 0 fully saturated rings. The molecule has 0 radical (unpaired) electrons. The summed E-state index contributed by atoms with van der Waals surface area (Å²) in [4.78, 5) is 10.7. The summed E-state index contributed by atoms with van der Waals surface area (Å²) in [5.41, 5.74) is 1.86. The average Bonchev–Trinajstić information content (AvgIpc) is 2.66. The SMILES string of the molecule is CC(NC(c1ccc(Cl)cc1)c1cccc([N+](=O)[O-])c1)c1cc(F)cc(F)c1. The topological polar surface area (TPSA) is 55.2 Å². The Bertz CT molecular complexity index is 976. The van der Waals surface area contributed by atoms with Crippen molar-refractivity contribution in [1.29, 1.82) is 0 Å². The number of non-ortho nitro benzene ring substituents is 1. The first-order valence-electron chi connectivity index (χ1n) is 8.55. The van der Waals surface area contributed by atoms with Crippen molar-refractivity contribution in [2.75, 3.05) is 0 Å². The van der Waals surface area contributed by atoms with Crippen molar-refractivity contribution >= 4 is 17.3 Å². The highest BCUT2D eigenvalue weighted by atomic mass is 35.5. The van der Waals surface area contributed by atoms with E-state index in [1.807, 2.05) is 0 Å². The molecule has 0 amide bonds. The van der Waals surface area contributed by atoms with Gasteiger partial charge in [-0.05, 0) is 47.9 Å². The molecule has 28 heavy (non-hydrogen) atoms. The number of nitro benzene ring substituents is 1. The van der Waals surface area contributed by atoms with Gasteiger partial charge in [0.15, 0.2) is 0 Å². The molecular weight excluding hydrogens is 386 g/mol. The van der Waals surface area contributed by atoms with Gasteiger partial charge in [-0.1, -0.05) is 35.9 Å². The quantitative estimate of drug-likeness (QED) is 0.408. The normalized spacial score (nSPS) is 13.1. The molecule has 3 rings (SSSR count). The number of halogens is 3. The van der Waals surface area contributed by atoms with Gasteiger partial charge in [0.25, 0.3) is 5.69 Å². The summed E-state index contributed by atoms with van der Waals surface area (Å²) in [5, 5.41) is 15.0. The van der Waals surface area contributed by atoms with E-state index in [0.29, 0.717) is 16.1 Å². The largest absolute Gasteiger partial charge is 0.300 e. The van der Waals surface area contributed by atoms with Crippen LogP contribution >= 0.6 is 11.6 Å². The summed E-state index contributed by atoms with van der Waals surface area (Å²) >= 11 is 5.97. The molecule has 4 nitrogen and oxygen atoms in total. The second kappa shape index (κ2) is 8.46. The molecule has 0 aromatic heterocycles. The van der Waals surface area contributed by atoms with Crippen molar-refractivity contribution in [1.82, 2.24) is 5.32 Å². The van der Waals surface area contributed by atoms with Crippen molar-refractivity contribution < 1.29 is 13.7 Å². The third-order valence-corrected chi connectivity index (χ3v) is 4.67. The number of nitro groups is 1. The molecule has 7 heteroatoms. The van der Waals surface area contributed by atoms with Gasteiger partial charge in [0.2, 0.25) is 0 Å². The van der Waals surface area contributed by atoms with Gasteiger partial charge in [0.05, 0.1) is 11.0 Å². The van der Waals surface area contributed by atoms with Gasteiger partial charge >= 0.3 is 0 Å². The fourth-order valence-corrected chi connectivity index (χ4v) is 3.16. The maximum absolute atomic E-state index is 13.6. The van der Waals surface area contributed by atoms with Crippen molar-refractivity contribution in [3.05, 3.63) is 110 Å². The van der Waals surface area contributed by atoms with Crippen molar-refractivity contribution in [2.24, 2.45) is 0 Å². The van der Waals surface area contributed by atoms with Crippen LogP contribution in [0.2, 0.25) is 5.02 Å². The highest BCUT2D eigenvalue weighted by Gasteiger charge is 2.20. The van der Waals surface area contributed by atoms with Gasteiger partial charge in [-0.3, -0.25) is 15.4 Å². The van der Waals surface area contributed by atoms with Crippen molar-refractivity contribution in [2.45, 2.75) is 19.0 Å². The first-order chi connectivity index (χ1) is 13.3. The summed E-state index contributed by atoms with van der Waals surface area (Å²) in [6, 6.07) is 15.7. The summed E-state index contributed by atoms with van der Waals surface area (Å²) in [7, 11) is 0. The predicted octanol–water partition coefficient (Wildman–Crippen LogP) is 5.97. The zero-order valence-corrected chi connectivity index (χ0v) is 15.7. The molecule has 1 N–H and O–H groups in total. The van der Waals surface area contributed by atoms with Crippen LogP contribution in [0.15, 0.2) is 66.7 Å². The summed E-state index contributed by atoms with van der Waals surface area (Å²) < 4.78 is 27.2. The number of nitrogens with one attached hydrogen (secondary N) is 1. The lowest BCUT2D eigenvalue weighted by Crippen LogP contribution is -2.26. The van der Waals surface area contributed by atoms with E-state index in [0.717, 1.165) is 11.6 Å². The van der Waals surface area contributed by atoms with E-state index < -0.39 is 28.6 Å². The third kappa shape index (κ3) is 4.71. The van der Waals surface area contributed by atoms with Crippen molar-refractivity contribution in [3.63, 3.8) is 0 Å². The Kier molecular flexibility index (Phi) is 6.02. The molecule has 0 aliphatic carbocycles. The van der Waals surface area contributed by atoms with E-state index in [9.17, 15) is 18.9 Å². The summed E-state index contributed by atoms with van der Waals surface area (Å²) in [6.07, 6.45) is 0. The minimum absolute atomic E-state index is 0.0392. The lowest BCUT2D eigenvalue weighted by atomic mass is 9.96. The zero-order valence-electron chi connectivity index (χ0n) is 14.9. The molecule has 0 aliphatic rings. The van der Waals surface area contributed by atoms with Crippen molar-refractivity contribution in [3.8, 4) is 0 Å². The van der Waals surface area contributed by atoms with Crippen LogP contribution in [0.3, 0.4) is 0 Å². The van der Waals surface area contributed by atoms with Crippen LogP contribution in [-0.2, 0) is 0 Å². The van der Waals surface area contributed by atoms with Crippen LogP contribution < -0.4 is 5.32 Å². The Morgan fingerprint density at radius 3 is 2.18 bits per heavy atom.